The molecule has 1 N–H and O–H groups in total. The molecule has 2 aromatic carbocycles. The van der Waals surface area contributed by atoms with Crippen LogP contribution in [0, 0.1) is 0 Å². The van der Waals surface area contributed by atoms with Gasteiger partial charge in [-0.05, 0) is 30.7 Å². The van der Waals surface area contributed by atoms with Crippen LogP contribution in [0.2, 0.25) is 0 Å². The number of para-hydroxylation sites is 3. The number of aryl methyl sites for hydroxylation is 2. The standard InChI is InChI=1S/C20H19N3O2/c1-23-16-9-4-2-7-14(16)13-17(23)20(24)21-12-6-11-19-22-15-8-3-5-10-18(15)25-19/h2-5,7-10,13H,6,11-12H2,1H3,(H,21,24). The fraction of sp³-hybridized carbons (Fsp3) is 0.200. The third kappa shape index (κ3) is 3.01. The Hall–Kier alpha value is -3.08. The van der Waals surface area contributed by atoms with Crippen molar-refractivity contribution in [2.45, 2.75) is 12.8 Å². The van der Waals surface area contributed by atoms with Crippen LogP contribution < -0.4 is 5.32 Å². The fourth-order valence-electron chi connectivity index (χ4n) is 3.07. The first kappa shape index (κ1) is 15.4. The molecule has 0 aliphatic rings. The number of carbonyl (C=O) groups is 1. The number of nitrogens with zero attached hydrogens (tertiary/aromatic N) is 2. The molecule has 0 atom stereocenters. The van der Waals surface area contributed by atoms with E-state index in [0.29, 0.717) is 24.6 Å². The number of nitrogens with one attached hydrogen (secondary N) is 1. The van der Waals surface area contributed by atoms with Gasteiger partial charge in [0.2, 0.25) is 0 Å². The topological polar surface area (TPSA) is 60.1 Å². The van der Waals surface area contributed by atoms with Gasteiger partial charge in [-0.25, -0.2) is 4.98 Å². The molecule has 5 heteroatoms. The second kappa shape index (κ2) is 6.43. The Labute approximate surface area is 145 Å². The van der Waals surface area contributed by atoms with E-state index in [2.05, 4.69) is 10.3 Å². The van der Waals surface area contributed by atoms with Gasteiger partial charge in [0.15, 0.2) is 11.5 Å². The quantitative estimate of drug-likeness (QED) is 0.567. The summed E-state index contributed by atoms with van der Waals surface area (Å²) in [6.45, 7) is 0.582. The molecule has 0 unspecified atom stereocenters. The largest absolute Gasteiger partial charge is 0.441 e. The van der Waals surface area contributed by atoms with E-state index in [1.807, 2.05) is 66.2 Å². The molecule has 5 nitrogen and oxygen atoms in total. The molecule has 1 amide bonds. The van der Waals surface area contributed by atoms with Crippen molar-refractivity contribution < 1.29 is 9.21 Å². The summed E-state index contributed by atoms with van der Waals surface area (Å²) >= 11 is 0. The number of hydrogen-bond donors (Lipinski definition) is 1. The second-order valence-electron chi connectivity index (χ2n) is 6.08. The van der Waals surface area contributed by atoms with Crippen LogP contribution in [0.15, 0.2) is 59.0 Å². The van der Waals surface area contributed by atoms with E-state index < -0.39 is 0 Å². The molecule has 4 rings (SSSR count). The second-order valence-corrected chi connectivity index (χ2v) is 6.08. The van der Waals surface area contributed by atoms with Crippen LogP contribution in [-0.2, 0) is 13.5 Å². The SMILES string of the molecule is Cn1c(C(=O)NCCCc2nc3ccccc3o2)cc2ccccc21. The van der Waals surface area contributed by atoms with Gasteiger partial charge in [-0.1, -0.05) is 30.3 Å². The average molecular weight is 333 g/mol. The Kier molecular flexibility index (Phi) is 3.98. The van der Waals surface area contributed by atoms with Gasteiger partial charge in [-0.15, -0.1) is 0 Å². The monoisotopic (exact) mass is 333 g/mol. The molecule has 0 bridgehead atoms. The first-order valence-corrected chi connectivity index (χ1v) is 8.39. The number of benzene rings is 2. The number of fused-ring (bicyclic) bond motifs is 2. The minimum absolute atomic E-state index is 0.0590. The van der Waals surface area contributed by atoms with Crippen LogP contribution in [0.1, 0.15) is 22.8 Å². The summed E-state index contributed by atoms with van der Waals surface area (Å²) in [4.78, 5) is 16.9. The number of amides is 1. The Morgan fingerprint density at radius 2 is 1.96 bits per heavy atom. The van der Waals surface area contributed by atoms with Gasteiger partial charge in [0.1, 0.15) is 11.2 Å². The highest BCUT2D eigenvalue weighted by atomic mass is 16.3. The van der Waals surface area contributed by atoms with E-state index in [9.17, 15) is 4.79 Å². The summed E-state index contributed by atoms with van der Waals surface area (Å²) in [5.41, 5.74) is 3.40. The molecular formula is C20H19N3O2. The molecule has 2 heterocycles. The first-order chi connectivity index (χ1) is 12.2. The lowest BCUT2D eigenvalue weighted by atomic mass is 10.2. The zero-order chi connectivity index (χ0) is 17.2. The third-order valence-electron chi connectivity index (χ3n) is 4.38. The number of hydrogen-bond acceptors (Lipinski definition) is 3. The van der Waals surface area contributed by atoms with E-state index in [1.165, 1.54) is 0 Å². The van der Waals surface area contributed by atoms with Crippen molar-refractivity contribution in [2.75, 3.05) is 6.54 Å². The van der Waals surface area contributed by atoms with E-state index in [4.69, 9.17) is 4.42 Å². The van der Waals surface area contributed by atoms with Crippen LogP contribution in [0.4, 0.5) is 0 Å². The van der Waals surface area contributed by atoms with Crippen LogP contribution >= 0.6 is 0 Å². The Morgan fingerprint density at radius 3 is 2.80 bits per heavy atom. The van der Waals surface area contributed by atoms with E-state index in [-0.39, 0.29) is 5.91 Å². The first-order valence-electron chi connectivity index (χ1n) is 8.39. The van der Waals surface area contributed by atoms with Crippen molar-refractivity contribution in [1.82, 2.24) is 14.9 Å². The lowest BCUT2D eigenvalue weighted by Gasteiger charge is -2.05. The summed E-state index contributed by atoms with van der Waals surface area (Å²) in [5.74, 6) is 0.649. The fourth-order valence-corrected chi connectivity index (χ4v) is 3.07. The normalized spacial score (nSPS) is 11.2. The zero-order valence-electron chi connectivity index (χ0n) is 14.0. The lowest BCUT2D eigenvalue weighted by Crippen LogP contribution is -2.26. The molecule has 25 heavy (non-hydrogen) atoms. The van der Waals surface area contributed by atoms with Gasteiger partial charge in [0.25, 0.3) is 5.91 Å². The highest BCUT2D eigenvalue weighted by Crippen LogP contribution is 2.18. The van der Waals surface area contributed by atoms with Crippen molar-refractivity contribution in [3.8, 4) is 0 Å². The molecule has 0 fully saturated rings. The van der Waals surface area contributed by atoms with Crippen LogP contribution in [0.25, 0.3) is 22.0 Å². The highest BCUT2D eigenvalue weighted by Gasteiger charge is 2.12. The molecule has 0 aliphatic heterocycles. The molecule has 126 valence electrons. The van der Waals surface area contributed by atoms with Gasteiger partial charge in [0, 0.05) is 30.9 Å². The maximum Gasteiger partial charge on any atom is 0.267 e. The smallest absolute Gasteiger partial charge is 0.267 e. The van der Waals surface area contributed by atoms with Crippen molar-refractivity contribution in [3.63, 3.8) is 0 Å². The van der Waals surface area contributed by atoms with Gasteiger partial charge >= 0.3 is 0 Å². The highest BCUT2D eigenvalue weighted by molar-refractivity contribution is 5.98. The molecule has 0 saturated heterocycles. The summed E-state index contributed by atoms with van der Waals surface area (Å²) < 4.78 is 7.61. The Morgan fingerprint density at radius 1 is 1.16 bits per heavy atom. The van der Waals surface area contributed by atoms with Gasteiger partial charge in [-0.2, -0.15) is 0 Å². The zero-order valence-corrected chi connectivity index (χ0v) is 14.0. The predicted octanol–water partition coefficient (Wildman–Crippen LogP) is 3.68. The lowest BCUT2D eigenvalue weighted by molar-refractivity contribution is 0.0945. The predicted molar refractivity (Wildman–Crippen MR) is 97.6 cm³/mol. The van der Waals surface area contributed by atoms with Crippen LogP contribution in [0.3, 0.4) is 0 Å². The number of oxazole rings is 1. The molecular weight excluding hydrogens is 314 g/mol. The maximum atomic E-state index is 12.4. The minimum atomic E-state index is -0.0590. The molecule has 0 spiro atoms. The third-order valence-corrected chi connectivity index (χ3v) is 4.38. The van der Waals surface area contributed by atoms with Crippen LogP contribution in [0.5, 0.6) is 0 Å². The molecule has 0 radical (unpaired) electrons. The minimum Gasteiger partial charge on any atom is -0.441 e. The van der Waals surface area contributed by atoms with E-state index >= 15 is 0 Å². The van der Waals surface area contributed by atoms with Crippen molar-refractivity contribution in [1.29, 1.82) is 0 Å². The van der Waals surface area contributed by atoms with Crippen molar-refractivity contribution in [3.05, 3.63) is 66.2 Å². The van der Waals surface area contributed by atoms with Crippen LogP contribution in [-0.4, -0.2) is 22.0 Å². The summed E-state index contributed by atoms with van der Waals surface area (Å²) in [7, 11) is 1.91. The van der Waals surface area contributed by atoms with E-state index in [0.717, 1.165) is 28.4 Å². The Bertz CT molecular complexity index is 1010. The van der Waals surface area contributed by atoms with Gasteiger partial charge in [0.05, 0.1) is 0 Å². The van der Waals surface area contributed by atoms with Crippen molar-refractivity contribution >= 4 is 27.9 Å². The Balaban J connectivity index is 1.36. The maximum absolute atomic E-state index is 12.4. The van der Waals surface area contributed by atoms with Crippen molar-refractivity contribution in [2.24, 2.45) is 7.05 Å². The average Bonchev–Trinajstić information content (AvgIpc) is 3.20. The number of carbonyl (C=O) groups excluding carboxylic acids is 1. The molecule has 4 aromatic rings. The number of rotatable bonds is 5. The molecule has 2 aromatic heterocycles. The van der Waals surface area contributed by atoms with Gasteiger partial charge in [-0.3, -0.25) is 4.79 Å². The summed E-state index contributed by atoms with van der Waals surface area (Å²) in [6, 6.07) is 17.6. The van der Waals surface area contributed by atoms with Gasteiger partial charge < -0.3 is 14.3 Å². The summed E-state index contributed by atoms with van der Waals surface area (Å²) in [5, 5.41) is 4.05. The molecule has 0 aliphatic carbocycles. The van der Waals surface area contributed by atoms with E-state index in [1.54, 1.807) is 0 Å². The number of aromatic nitrogens is 2. The molecule has 0 saturated carbocycles. The summed E-state index contributed by atoms with van der Waals surface area (Å²) in [6.07, 6.45) is 1.48.